The number of carbonyl (C=O) groups is 3. The summed E-state index contributed by atoms with van der Waals surface area (Å²) in [6.07, 6.45) is -0.550. The Balaban J connectivity index is 1.58. The number of hydrogen-bond donors (Lipinski definition) is 0. The molecule has 0 atom stereocenters. The number of halogens is 3. The number of alkyl halides is 3. The SMILES string of the molecule is C=CC(=O)Oc1ccc(C#COCOc2ccc(OC(=O)C#Cc3ccc(OC(=O)C=C)cc3)cc2C(F)(F)F)cc1. The average Bonchev–Trinajstić information content (AvgIpc) is 2.97. The van der Waals surface area contributed by atoms with Crippen LogP contribution in [0.3, 0.4) is 0 Å². The predicted octanol–water partition coefficient (Wildman–Crippen LogP) is 5.21. The monoisotopic (exact) mass is 576 g/mol. The van der Waals surface area contributed by atoms with Crippen molar-refractivity contribution in [2.45, 2.75) is 6.18 Å². The van der Waals surface area contributed by atoms with Crippen LogP contribution in [-0.4, -0.2) is 24.7 Å². The normalized spacial score (nSPS) is 9.98. The lowest BCUT2D eigenvalue weighted by atomic mass is 10.2. The van der Waals surface area contributed by atoms with E-state index in [1.165, 1.54) is 48.5 Å². The summed E-state index contributed by atoms with van der Waals surface area (Å²) in [5.74, 6) is 4.39. The minimum absolute atomic E-state index is 0.229. The molecule has 42 heavy (non-hydrogen) atoms. The molecule has 0 fully saturated rings. The summed E-state index contributed by atoms with van der Waals surface area (Å²) in [6.45, 7) is 5.93. The van der Waals surface area contributed by atoms with Gasteiger partial charge in [-0.15, -0.1) is 0 Å². The highest BCUT2D eigenvalue weighted by Gasteiger charge is 2.35. The summed E-state index contributed by atoms with van der Waals surface area (Å²) in [5.41, 5.74) is -0.379. The van der Waals surface area contributed by atoms with E-state index >= 15 is 0 Å². The molecule has 0 radical (unpaired) electrons. The Morgan fingerprint density at radius 1 is 0.738 bits per heavy atom. The first-order chi connectivity index (χ1) is 20.1. The second-order valence-corrected chi connectivity index (χ2v) is 7.73. The van der Waals surface area contributed by atoms with Crippen LogP contribution in [0.4, 0.5) is 13.2 Å². The maximum Gasteiger partial charge on any atom is 0.420 e. The maximum atomic E-state index is 13.6. The summed E-state index contributed by atoms with van der Waals surface area (Å²) in [5, 5.41) is 0. The molecule has 3 aromatic carbocycles. The second-order valence-electron chi connectivity index (χ2n) is 7.73. The molecule has 212 valence electrons. The molecule has 0 saturated heterocycles. The lowest BCUT2D eigenvalue weighted by Crippen LogP contribution is -2.11. The first-order valence-corrected chi connectivity index (χ1v) is 11.7. The van der Waals surface area contributed by atoms with E-state index in [-0.39, 0.29) is 11.5 Å². The van der Waals surface area contributed by atoms with E-state index < -0.39 is 47.9 Å². The lowest BCUT2D eigenvalue weighted by molar-refractivity contribution is -0.140. The first-order valence-electron chi connectivity index (χ1n) is 11.7. The van der Waals surface area contributed by atoms with Gasteiger partial charge in [0.2, 0.25) is 6.79 Å². The summed E-state index contributed by atoms with van der Waals surface area (Å²) in [4.78, 5) is 34.4. The molecule has 8 nitrogen and oxygen atoms in total. The van der Waals surface area contributed by atoms with E-state index in [0.29, 0.717) is 17.2 Å². The van der Waals surface area contributed by atoms with Crippen molar-refractivity contribution in [3.8, 4) is 46.9 Å². The van der Waals surface area contributed by atoms with Crippen LogP contribution in [0.2, 0.25) is 0 Å². The van der Waals surface area contributed by atoms with Crippen LogP contribution in [0.15, 0.2) is 92.0 Å². The van der Waals surface area contributed by atoms with Crippen LogP contribution in [0, 0.1) is 23.9 Å². The summed E-state index contributed by atoms with van der Waals surface area (Å²) in [7, 11) is 0. The van der Waals surface area contributed by atoms with Gasteiger partial charge in [0, 0.05) is 29.2 Å². The minimum atomic E-state index is -4.84. The van der Waals surface area contributed by atoms with Gasteiger partial charge in [0.05, 0.1) is 0 Å². The summed E-state index contributed by atoms with van der Waals surface area (Å²) < 4.78 is 65.6. The van der Waals surface area contributed by atoms with Crippen LogP contribution in [0.5, 0.6) is 23.0 Å². The highest BCUT2D eigenvalue weighted by Crippen LogP contribution is 2.38. The molecule has 0 N–H and O–H groups in total. The molecule has 3 rings (SSSR count). The minimum Gasteiger partial charge on any atom is -0.456 e. The van der Waals surface area contributed by atoms with Crippen molar-refractivity contribution in [2.24, 2.45) is 0 Å². The molecule has 3 aromatic rings. The van der Waals surface area contributed by atoms with Crippen molar-refractivity contribution in [2.75, 3.05) is 6.79 Å². The Morgan fingerprint density at radius 2 is 1.26 bits per heavy atom. The fourth-order valence-electron chi connectivity index (χ4n) is 2.92. The largest absolute Gasteiger partial charge is 0.456 e. The van der Waals surface area contributed by atoms with Crippen LogP contribution >= 0.6 is 0 Å². The molecule has 0 aliphatic heterocycles. The zero-order chi connectivity index (χ0) is 30.5. The van der Waals surface area contributed by atoms with E-state index in [2.05, 4.69) is 37.0 Å². The molecule has 0 aliphatic rings. The smallest absolute Gasteiger partial charge is 0.420 e. The van der Waals surface area contributed by atoms with Crippen molar-refractivity contribution in [3.63, 3.8) is 0 Å². The van der Waals surface area contributed by atoms with E-state index in [4.69, 9.17) is 23.7 Å². The van der Waals surface area contributed by atoms with Gasteiger partial charge in [0.15, 0.2) is 0 Å². The van der Waals surface area contributed by atoms with E-state index in [9.17, 15) is 27.6 Å². The zero-order valence-electron chi connectivity index (χ0n) is 21.5. The average molecular weight is 576 g/mol. The summed E-state index contributed by atoms with van der Waals surface area (Å²) >= 11 is 0. The molecule has 0 amide bonds. The molecular weight excluding hydrogens is 557 g/mol. The Bertz CT molecular complexity index is 1600. The first kappa shape index (κ1) is 30.6. The Hall–Kier alpha value is -5.94. The van der Waals surface area contributed by atoms with E-state index in [1.807, 2.05) is 0 Å². The van der Waals surface area contributed by atoms with Gasteiger partial charge < -0.3 is 23.7 Å². The van der Waals surface area contributed by atoms with Crippen molar-refractivity contribution in [1.29, 1.82) is 0 Å². The van der Waals surface area contributed by atoms with E-state index in [0.717, 1.165) is 24.3 Å². The van der Waals surface area contributed by atoms with Crippen molar-refractivity contribution in [3.05, 3.63) is 109 Å². The van der Waals surface area contributed by atoms with Gasteiger partial charge >= 0.3 is 24.1 Å². The highest BCUT2D eigenvalue weighted by atomic mass is 19.4. The number of ether oxygens (including phenoxy) is 5. The standard InChI is InChI=1S/C31H19F3O8/c1-3-28(35)40-23-10-5-21(6-11-23)9-16-30(37)42-25-14-15-27(26(19-25)31(32,33)34)39-20-38-18-17-22-7-12-24(13-8-22)41-29(36)4-2/h3-8,10-15,19H,1-2,20H2. The molecule has 11 heteroatoms. The molecule has 0 bridgehead atoms. The maximum absolute atomic E-state index is 13.6. The van der Waals surface area contributed by atoms with E-state index in [1.54, 1.807) is 0 Å². The number of rotatable bonds is 8. The number of carbonyl (C=O) groups excluding carboxylic acids is 3. The quantitative estimate of drug-likeness (QED) is 0.0901. The van der Waals surface area contributed by atoms with Crippen molar-refractivity contribution in [1.82, 2.24) is 0 Å². The third kappa shape index (κ3) is 9.67. The van der Waals surface area contributed by atoms with Gasteiger partial charge in [-0.25, -0.2) is 14.4 Å². The van der Waals surface area contributed by atoms with Crippen LogP contribution in [0.25, 0.3) is 0 Å². The number of benzene rings is 3. The molecule has 0 unspecified atom stereocenters. The summed E-state index contributed by atoms with van der Waals surface area (Å²) in [6, 6.07) is 14.5. The molecular formula is C31H19F3O8. The Labute approximate surface area is 237 Å². The molecule has 0 spiro atoms. The Morgan fingerprint density at radius 3 is 1.79 bits per heavy atom. The molecule has 0 aromatic heterocycles. The van der Waals surface area contributed by atoms with Crippen molar-refractivity contribution >= 4 is 17.9 Å². The number of esters is 3. The van der Waals surface area contributed by atoms with Crippen molar-refractivity contribution < 1.29 is 51.2 Å². The van der Waals surface area contributed by atoms with Gasteiger partial charge in [0.1, 0.15) is 34.7 Å². The molecule has 0 saturated carbocycles. The topological polar surface area (TPSA) is 97.4 Å². The van der Waals surface area contributed by atoms with Gasteiger partial charge in [-0.05, 0) is 72.7 Å². The van der Waals surface area contributed by atoms with Crippen LogP contribution < -0.4 is 18.9 Å². The van der Waals surface area contributed by atoms with Crippen LogP contribution in [0.1, 0.15) is 16.7 Å². The third-order valence-electron chi connectivity index (χ3n) is 4.80. The third-order valence-corrected chi connectivity index (χ3v) is 4.80. The lowest BCUT2D eigenvalue weighted by Gasteiger charge is -2.14. The fraction of sp³-hybridized carbons (Fsp3) is 0.0645. The highest BCUT2D eigenvalue weighted by molar-refractivity contribution is 5.91. The number of hydrogen-bond acceptors (Lipinski definition) is 8. The van der Waals surface area contributed by atoms with Gasteiger partial charge in [-0.1, -0.05) is 19.1 Å². The Kier molecular flexibility index (Phi) is 10.5. The van der Waals surface area contributed by atoms with Gasteiger partial charge in [-0.2, -0.15) is 13.2 Å². The van der Waals surface area contributed by atoms with Crippen LogP contribution in [-0.2, 0) is 25.3 Å². The molecule has 0 heterocycles. The molecule has 0 aliphatic carbocycles. The zero-order valence-corrected chi connectivity index (χ0v) is 21.5. The second kappa shape index (κ2) is 14.4. The van der Waals surface area contributed by atoms with Gasteiger partial charge in [0.25, 0.3) is 0 Å². The predicted molar refractivity (Wildman–Crippen MR) is 142 cm³/mol. The van der Waals surface area contributed by atoms with Gasteiger partial charge in [-0.3, -0.25) is 0 Å². The fourth-order valence-corrected chi connectivity index (χ4v) is 2.92.